The predicted molar refractivity (Wildman–Crippen MR) is 190 cm³/mol. The van der Waals surface area contributed by atoms with E-state index in [1.54, 1.807) is 17.0 Å². The van der Waals surface area contributed by atoms with Gasteiger partial charge in [0.25, 0.3) is 17.7 Å². The van der Waals surface area contributed by atoms with E-state index in [9.17, 15) is 34.5 Å². The second-order valence-electron chi connectivity index (χ2n) is 12.7. The van der Waals surface area contributed by atoms with E-state index in [0.29, 0.717) is 36.5 Å². The van der Waals surface area contributed by atoms with Gasteiger partial charge in [-0.2, -0.15) is 9.78 Å². The zero-order chi connectivity index (χ0) is 38.5. The fourth-order valence-electron chi connectivity index (χ4n) is 6.11. The molecule has 1 aromatic carbocycles. The summed E-state index contributed by atoms with van der Waals surface area (Å²) in [5.41, 5.74) is 6.11. The monoisotopic (exact) mass is 817 g/mol. The third kappa shape index (κ3) is 7.46. The summed E-state index contributed by atoms with van der Waals surface area (Å²) in [6, 6.07) is 5.12. The number of aromatic hydroxyl groups is 2. The fourth-order valence-corrected chi connectivity index (χ4v) is 8.23. The van der Waals surface area contributed by atoms with Crippen LogP contribution in [0.3, 0.4) is 0 Å². The van der Waals surface area contributed by atoms with Crippen molar-refractivity contribution in [2.75, 3.05) is 22.9 Å². The van der Waals surface area contributed by atoms with Gasteiger partial charge in [0, 0.05) is 35.7 Å². The maximum Gasteiger partial charge on any atom is 1.00 e. The number of pyridine rings is 1. The summed E-state index contributed by atoms with van der Waals surface area (Å²) in [5.74, 6) is -3.91. The SMILES string of the molecule is CC(C)(O/N=C(\C(=O)N[C@@H]1C(=O)N2C(c3nnn[n-]3)=C(C[n+]3cccc4c3CCCN4C(=O)c3ccc(O)c(O)c3Cl)CS[C@H]12)c1csc(N)n1)C(=O)[O-].[Na+]. The first kappa shape index (κ1) is 39.9. The number of nitrogen functional groups attached to an aromatic ring is 1. The minimum atomic E-state index is -1.89. The van der Waals surface area contributed by atoms with E-state index in [-0.39, 0.29) is 63.3 Å². The van der Waals surface area contributed by atoms with Gasteiger partial charge >= 0.3 is 29.6 Å². The number of phenols is 2. The Morgan fingerprint density at radius 3 is 2.75 bits per heavy atom. The van der Waals surface area contributed by atoms with E-state index in [4.69, 9.17) is 22.2 Å². The number of nitrogens with zero attached hydrogens (tertiary/aromatic N) is 9. The van der Waals surface area contributed by atoms with Crippen molar-refractivity contribution in [2.45, 2.75) is 50.3 Å². The number of carbonyl (C=O) groups excluding carboxylic acids is 4. The van der Waals surface area contributed by atoms with Gasteiger partial charge in [0.2, 0.25) is 5.69 Å². The minimum Gasteiger partial charge on any atom is -0.546 e. The van der Waals surface area contributed by atoms with Crippen LogP contribution in [0, 0.1) is 0 Å². The summed E-state index contributed by atoms with van der Waals surface area (Å²) < 4.78 is 1.96. The van der Waals surface area contributed by atoms with E-state index in [1.165, 1.54) is 48.0 Å². The Morgan fingerprint density at radius 1 is 1.27 bits per heavy atom. The molecular formula is C32H29ClN11NaO8S2. The molecule has 0 radical (unpaired) electrons. The van der Waals surface area contributed by atoms with Crippen LogP contribution in [-0.2, 0) is 32.2 Å². The molecule has 55 heavy (non-hydrogen) atoms. The average molecular weight is 818 g/mol. The molecule has 19 nitrogen and oxygen atoms in total. The number of aromatic nitrogens is 6. The summed E-state index contributed by atoms with van der Waals surface area (Å²) in [6.07, 6.45) is 3.10. The number of aliphatic carboxylic acids is 1. The number of anilines is 2. The van der Waals surface area contributed by atoms with E-state index >= 15 is 0 Å². The number of thiazole rings is 1. The minimum absolute atomic E-state index is 0. The molecule has 3 amide bonds. The Morgan fingerprint density at radius 2 is 2.05 bits per heavy atom. The van der Waals surface area contributed by atoms with Gasteiger partial charge in [0.1, 0.15) is 22.8 Å². The van der Waals surface area contributed by atoms with E-state index in [2.05, 4.69) is 36.1 Å². The molecule has 0 saturated carbocycles. The van der Waals surface area contributed by atoms with Gasteiger partial charge in [-0.25, -0.2) is 4.98 Å². The maximum absolute atomic E-state index is 13.8. The van der Waals surface area contributed by atoms with Crippen molar-refractivity contribution in [3.05, 3.63) is 69.2 Å². The molecule has 1 saturated heterocycles. The number of amides is 3. The second-order valence-corrected chi connectivity index (χ2v) is 15.1. The zero-order valence-corrected chi connectivity index (χ0v) is 33.7. The number of tetrazole rings is 1. The number of phenolic OH excluding ortho intramolecular Hbond substituents is 2. The predicted octanol–water partition coefficient (Wildman–Crippen LogP) is -3.42. The molecule has 1 fully saturated rings. The smallest absolute Gasteiger partial charge is 0.546 e. The molecule has 4 aromatic rings. The van der Waals surface area contributed by atoms with Gasteiger partial charge in [-0.15, -0.1) is 23.1 Å². The number of carboxylic acid groups (broad SMARTS) is 1. The van der Waals surface area contributed by atoms with E-state index in [1.807, 2.05) is 10.8 Å². The van der Waals surface area contributed by atoms with Crippen LogP contribution in [0.5, 0.6) is 11.5 Å². The van der Waals surface area contributed by atoms with Crippen LogP contribution < -0.4 is 60.3 Å². The number of rotatable bonds is 10. The third-order valence-corrected chi connectivity index (χ3v) is 11.3. The summed E-state index contributed by atoms with van der Waals surface area (Å²) in [6.45, 7) is 3.05. The largest absolute Gasteiger partial charge is 1.00 e. The Kier molecular flexibility index (Phi) is 11.4. The summed E-state index contributed by atoms with van der Waals surface area (Å²) >= 11 is 8.65. The van der Waals surface area contributed by atoms with Crippen LogP contribution in [0.4, 0.5) is 10.8 Å². The number of nitrogens with two attached hydrogens (primary N) is 1. The van der Waals surface area contributed by atoms with Crippen molar-refractivity contribution < 1.29 is 73.5 Å². The van der Waals surface area contributed by atoms with E-state index < -0.39 is 57.9 Å². The molecule has 0 aliphatic carbocycles. The molecule has 6 heterocycles. The number of thioether (sulfide) groups is 1. The van der Waals surface area contributed by atoms with Crippen molar-refractivity contribution in [3.8, 4) is 11.5 Å². The molecule has 5 N–H and O–H groups in total. The number of fused-ring (bicyclic) bond motifs is 2. The molecule has 280 valence electrons. The van der Waals surface area contributed by atoms with Crippen LogP contribution in [0.1, 0.15) is 47.8 Å². The molecule has 7 rings (SSSR count). The number of benzene rings is 1. The Bertz CT molecular complexity index is 2270. The van der Waals surface area contributed by atoms with Crippen molar-refractivity contribution in [1.82, 2.24) is 35.8 Å². The first-order valence-electron chi connectivity index (χ1n) is 16.2. The van der Waals surface area contributed by atoms with Gasteiger partial charge in [-0.3, -0.25) is 29.6 Å². The number of hydrogen-bond donors (Lipinski definition) is 4. The van der Waals surface area contributed by atoms with Crippen LogP contribution >= 0.6 is 34.7 Å². The van der Waals surface area contributed by atoms with Gasteiger partial charge in [0.15, 0.2) is 40.7 Å². The zero-order valence-electron chi connectivity index (χ0n) is 29.3. The Balaban J connectivity index is 0.00000514. The molecule has 0 bridgehead atoms. The third-order valence-electron chi connectivity index (χ3n) is 8.88. The van der Waals surface area contributed by atoms with Crippen LogP contribution in [-0.4, -0.2) is 94.3 Å². The van der Waals surface area contributed by atoms with E-state index in [0.717, 1.165) is 22.6 Å². The summed E-state index contributed by atoms with van der Waals surface area (Å²) in [4.78, 5) is 64.8. The van der Waals surface area contributed by atoms with Crippen LogP contribution in [0.15, 0.2) is 46.6 Å². The fraction of sp³-hybridized carbons (Fsp3) is 0.312. The average Bonchev–Trinajstić information content (AvgIpc) is 3.85. The van der Waals surface area contributed by atoms with Gasteiger partial charge in [0.05, 0.1) is 28.1 Å². The summed E-state index contributed by atoms with van der Waals surface area (Å²) in [5, 5.41) is 54.0. The first-order chi connectivity index (χ1) is 25.8. The number of β-lactam (4-membered cyclic amide) rings is 1. The topological polar surface area (TPSA) is 267 Å². The number of hydrogen-bond acceptors (Lipinski definition) is 16. The summed E-state index contributed by atoms with van der Waals surface area (Å²) in [7, 11) is 0. The van der Waals surface area contributed by atoms with Gasteiger partial charge in [-0.1, -0.05) is 16.8 Å². The number of halogens is 1. The molecule has 23 heteroatoms. The number of nitrogens with one attached hydrogen (secondary N) is 1. The molecule has 3 aromatic heterocycles. The van der Waals surface area contributed by atoms with Crippen LogP contribution in [0.2, 0.25) is 5.02 Å². The molecule has 2 atom stereocenters. The van der Waals surface area contributed by atoms with Crippen molar-refractivity contribution in [3.63, 3.8) is 0 Å². The quantitative estimate of drug-likeness (QED) is 0.0303. The van der Waals surface area contributed by atoms with Crippen molar-refractivity contribution in [1.29, 1.82) is 0 Å². The Labute approximate surface area is 346 Å². The number of carbonyl (C=O) groups is 4. The van der Waals surface area contributed by atoms with Crippen LogP contribution in [0.25, 0.3) is 5.70 Å². The second kappa shape index (κ2) is 15.7. The van der Waals surface area contributed by atoms with Crippen molar-refractivity contribution in [2.24, 2.45) is 5.16 Å². The molecule has 3 aliphatic heterocycles. The molecule has 0 unspecified atom stereocenters. The van der Waals surface area contributed by atoms with Crippen molar-refractivity contribution >= 4 is 80.6 Å². The van der Waals surface area contributed by atoms with Gasteiger partial charge in [-0.05, 0) is 38.5 Å². The van der Waals surface area contributed by atoms with Gasteiger partial charge < -0.3 is 46.0 Å². The standard InChI is InChI=1S/C32H30ClN11O8S2.Na/c1-32(2,30(50)51)52-39-21(16-13-54-31(34)35-16)26(47)36-22-28(49)44-23(25-37-40-41-38-25)14(12-53-29(22)44)11-42-9-3-6-18-17(42)5-4-10-43(18)27(48)15-7-8-19(45)24(46)20(15)33;/h3,6-9,13,22,29H,4-5,10-12H2,1-2H3,(H6-,34,35,36,37,38,39,40,41,45,46,47,48,50,51);/q;+1/p-1/t22-,29-;/m1./s1. The maximum atomic E-state index is 13.8. The number of oxime groups is 1. The first-order valence-corrected chi connectivity index (χ1v) is 18.5. The Hall–Kier alpha value is -4.80. The molecule has 3 aliphatic rings. The molecule has 0 spiro atoms. The molecular weight excluding hydrogens is 789 g/mol. The number of carboxylic acids is 1. The normalized spacial score (nSPS) is 18.2.